The van der Waals surface area contributed by atoms with E-state index in [2.05, 4.69) is 5.32 Å². The van der Waals surface area contributed by atoms with Crippen LogP contribution in [-0.2, 0) is 4.79 Å². The van der Waals surface area contributed by atoms with Gasteiger partial charge in [0.05, 0.1) is 22.0 Å². The summed E-state index contributed by atoms with van der Waals surface area (Å²) in [4.78, 5) is 26.0. The summed E-state index contributed by atoms with van der Waals surface area (Å²) in [7, 11) is 1.67. The van der Waals surface area contributed by atoms with Crippen LogP contribution in [0.15, 0.2) is 12.1 Å². The molecule has 0 bridgehead atoms. The highest BCUT2D eigenvalue weighted by Gasteiger charge is 2.31. The summed E-state index contributed by atoms with van der Waals surface area (Å²) in [5.74, 6) is 0.0307. The van der Waals surface area contributed by atoms with Crippen molar-refractivity contribution < 1.29 is 14.7 Å². The van der Waals surface area contributed by atoms with Gasteiger partial charge in [-0.25, -0.2) is 0 Å². The molecule has 2 amide bonds. The van der Waals surface area contributed by atoms with Crippen molar-refractivity contribution in [2.45, 2.75) is 32.2 Å². The molecule has 1 aliphatic carbocycles. The third-order valence-corrected chi connectivity index (χ3v) is 4.60. The van der Waals surface area contributed by atoms with Crippen molar-refractivity contribution in [3.8, 4) is 0 Å². The number of carbonyl (C=O) groups is 2. The van der Waals surface area contributed by atoms with Crippen LogP contribution in [-0.4, -0.2) is 41.0 Å². The van der Waals surface area contributed by atoms with Gasteiger partial charge < -0.3 is 15.3 Å². The molecule has 5 nitrogen and oxygen atoms in total. The molecule has 1 aromatic rings. The minimum absolute atomic E-state index is 0.0369. The first-order chi connectivity index (χ1) is 9.35. The zero-order valence-corrected chi connectivity index (χ0v) is 12.8. The number of aliphatic hydroxyl groups excluding tert-OH is 1. The van der Waals surface area contributed by atoms with Crippen molar-refractivity contribution >= 4 is 28.2 Å². The molecule has 1 aliphatic rings. The van der Waals surface area contributed by atoms with E-state index in [1.54, 1.807) is 33.0 Å². The maximum Gasteiger partial charge on any atom is 0.264 e. The van der Waals surface area contributed by atoms with Crippen molar-refractivity contribution in [3.05, 3.63) is 17.0 Å². The van der Waals surface area contributed by atoms with Gasteiger partial charge in [0, 0.05) is 13.0 Å². The Morgan fingerprint density at radius 1 is 1.45 bits per heavy atom. The van der Waals surface area contributed by atoms with Crippen LogP contribution in [0.3, 0.4) is 0 Å². The summed E-state index contributed by atoms with van der Waals surface area (Å²) < 4.78 is 0. The molecule has 1 heterocycles. The summed E-state index contributed by atoms with van der Waals surface area (Å²) in [5, 5.41) is 12.8. The lowest BCUT2D eigenvalue weighted by Gasteiger charge is -2.33. The summed E-state index contributed by atoms with van der Waals surface area (Å²) in [6.45, 7) is 3.49. The van der Waals surface area contributed by atoms with Gasteiger partial charge >= 0.3 is 0 Å². The molecule has 110 valence electrons. The molecular weight excluding hydrogens is 276 g/mol. The van der Waals surface area contributed by atoms with Crippen LogP contribution in [0.5, 0.6) is 0 Å². The molecule has 0 saturated heterocycles. The van der Waals surface area contributed by atoms with Crippen molar-refractivity contribution in [2.75, 3.05) is 19.0 Å². The number of nitrogens with zero attached hydrogens (tertiary/aromatic N) is 1. The number of hydrogen-bond donors (Lipinski definition) is 2. The average Bonchev–Trinajstić information content (AvgIpc) is 3.18. The Bertz CT molecular complexity index is 520. The zero-order valence-electron chi connectivity index (χ0n) is 12.0. The van der Waals surface area contributed by atoms with Crippen molar-refractivity contribution in [2.24, 2.45) is 5.92 Å². The Labute approximate surface area is 122 Å². The van der Waals surface area contributed by atoms with Crippen LogP contribution in [0.2, 0.25) is 0 Å². The van der Waals surface area contributed by atoms with Gasteiger partial charge in [-0.1, -0.05) is 0 Å². The number of thiophene rings is 1. The Morgan fingerprint density at radius 2 is 2.10 bits per heavy atom. The highest BCUT2D eigenvalue weighted by Crippen LogP contribution is 2.32. The van der Waals surface area contributed by atoms with E-state index in [0.717, 1.165) is 12.8 Å². The Morgan fingerprint density at radius 3 is 2.65 bits per heavy atom. The van der Waals surface area contributed by atoms with Crippen LogP contribution in [0.4, 0.5) is 5.00 Å². The van der Waals surface area contributed by atoms with Gasteiger partial charge in [-0.05, 0) is 38.8 Å². The second-order valence-electron chi connectivity index (χ2n) is 5.76. The predicted octanol–water partition coefficient (Wildman–Crippen LogP) is 1.94. The fourth-order valence-electron chi connectivity index (χ4n) is 1.64. The standard InChI is InChI=1S/C14H20N2O3S/c1-14(2,8-17)16(3)13(19)10-6-7-11(20-10)15-12(18)9-4-5-9/h6-7,9,17H,4-5,8H2,1-3H3,(H,15,18). The first-order valence-electron chi connectivity index (χ1n) is 6.65. The fourth-order valence-corrected chi connectivity index (χ4v) is 2.52. The van der Waals surface area contributed by atoms with E-state index in [-0.39, 0.29) is 24.3 Å². The molecule has 1 aromatic heterocycles. The third kappa shape index (κ3) is 3.19. The van der Waals surface area contributed by atoms with E-state index in [9.17, 15) is 14.7 Å². The fraction of sp³-hybridized carbons (Fsp3) is 0.571. The maximum absolute atomic E-state index is 12.3. The highest BCUT2D eigenvalue weighted by molar-refractivity contribution is 7.18. The number of hydrogen-bond acceptors (Lipinski definition) is 4. The van der Waals surface area contributed by atoms with E-state index in [1.807, 2.05) is 0 Å². The summed E-state index contributed by atoms with van der Waals surface area (Å²) in [6, 6.07) is 3.46. The van der Waals surface area contributed by atoms with Gasteiger partial charge in [0.15, 0.2) is 0 Å². The topological polar surface area (TPSA) is 69.6 Å². The van der Waals surface area contributed by atoms with Gasteiger partial charge in [0.2, 0.25) is 5.91 Å². The number of amides is 2. The zero-order chi connectivity index (χ0) is 14.9. The molecular formula is C14H20N2O3S. The first kappa shape index (κ1) is 15.0. The van der Waals surface area contributed by atoms with Crippen molar-refractivity contribution in [1.82, 2.24) is 4.90 Å². The number of aliphatic hydroxyl groups is 1. The molecule has 0 radical (unpaired) electrons. The van der Waals surface area contributed by atoms with Crippen LogP contribution < -0.4 is 5.32 Å². The number of carbonyl (C=O) groups excluding carboxylic acids is 2. The van der Waals surface area contributed by atoms with E-state index in [0.29, 0.717) is 9.88 Å². The second kappa shape index (κ2) is 5.54. The summed E-state index contributed by atoms with van der Waals surface area (Å²) >= 11 is 1.26. The SMILES string of the molecule is CN(C(=O)c1ccc(NC(=O)C2CC2)s1)C(C)(C)CO. The molecule has 0 aliphatic heterocycles. The van der Waals surface area contributed by atoms with E-state index >= 15 is 0 Å². The molecule has 1 fully saturated rings. The largest absolute Gasteiger partial charge is 0.394 e. The maximum atomic E-state index is 12.3. The summed E-state index contributed by atoms with van der Waals surface area (Å²) in [6.07, 6.45) is 1.91. The molecule has 6 heteroatoms. The van der Waals surface area contributed by atoms with E-state index < -0.39 is 5.54 Å². The molecule has 2 rings (SSSR count). The molecule has 20 heavy (non-hydrogen) atoms. The molecule has 1 saturated carbocycles. The molecule has 0 atom stereocenters. The highest BCUT2D eigenvalue weighted by atomic mass is 32.1. The minimum Gasteiger partial charge on any atom is -0.394 e. The molecule has 2 N–H and O–H groups in total. The monoisotopic (exact) mass is 296 g/mol. The minimum atomic E-state index is -0.613. The van der Waals surface area contributed by atoms with Crippen LogP contribution in [0.1, 0.15) is 36.4 Å². The lowest BCUT2D eigenvalue weighted by atomic mass is 10.1. The van der Waals surface area contributed by atoms with E-state index in [1.165, 1.54) is 16.2 Å². The van der Waals surface area contributed by atoms with Gasteiger partial charge in [-0.2, -0.15) is 0 Å². The smallest absolute Gasteiger partial charge is 0.264 e. The first-order valence-corrected chi connectivity index (χ1v) is 7.46. The molecule has 0 spiro atoms. The van der Waals surface area contributed by atoms with Crippen LogP contribution in [0, 0.1) is 5.92 Å². The van der Waals surface area contributed by atoms with Gasteiger partial charge in [0.1, 0.15) is 0 Å². The van der Waals surface area contributed by atoms with E-state index in [4.69, 9.17) is 0 Å². The number of likely N-dealkylation sites (N-methyl/N-ethyl adjacent to an activating group) is 1. The van der Waals surface area contributed by atoms with Crippen LogP contribution >= 0.6 is 11.3 Å². The third-order valence-electron chi connectivity index (χ3n) is 3.61. The number of rotatable bonds is 5. The number of nitrogens with one attached hydrogen (secondary N) is 1. The normalized spacial score (nSPS) is 15.0. The second-order valence-corrected chi connectivity index (χ2v) is 6.85. The van der Waals surface area contributed by atoms with Gasteiger partial charge in [0.25, 0.3) is 5.91 Å². The predicted molar refractivity (Wildman–Crippen MR) is 78.9 cm³/mol. The van der Waals surface area contributed by atoms with Gasteiger partial charge in [-0.3, -0.25) is 9.59 Å². The quantitative estimate of drug-likeness (QED) is 0.872. The lowest BCUT2D eigenvalue weighted by Crippen LogP contribution is -2.47. The summed E-state index contributed by atoms with van der Waals surface area (Å²) in [5.41, 5.74) is -0.613. The Hall–Kier alpha value is -1.40. The Balaban J connectivity index is 2.04. The average molecular weight is 296 g/mol. The lowest BCUT2D eigenvalue weighted by molar-refractivity contribution is -0.117. The number of anilines is 1. The van der Waals surface area contributed by atoms with Crippen molar-refractivity contribution in [3.63, 3.8) is 0 Å². The van der Waals surface area contributed by atoms with Crippen LogP contribution in [0.25, 0.3) is 0 Å². The Kier molecular flexibility index (Phi) is 4.15. The molecule has 0 unspecified atom stereocenters. The van der Waals surface area contributed by atoms with Gasteiger partial charge in [-0.15, -0.1) is 11.3 Å². The molecule has 0 aromatic carbocycles. The van der Waals surface area contributed by atoms with Crippen molar-refractivity contribution in [1.29, 1.82) is 0 Å².